The molecule has 1 unspecified atom stereocenters. The summed E-state index contributed by atoms with van der Waals surface area (Å²) in [6, 6.07) is 4.53. The Morgan fingerprint density at radius 2 is 2.08 bits per heavy atom. The lowest BCUT2D eigenvalue weighted by Crippen LogP contribution is -2.56. The van der Waals surface area contributed by atoms with Crippen LogP contribution in [0.4, 0.5) is 0 Å². The molecule has 134 valence electrons. The molecule has 3 fully saturated rings. The van der Waals surface area contributed by atoms with Crippen molar-refractivity contribution in [2.24, 2.45) is 13.0 Å². The third kappa shape index (κ3) is 2.96. The Kier molecular flexibility index (Phi) is 4.29. The molecule has 3 aliphatic heterocycles. The Bertz CT molecular complexity index is 803. The topological polar surface area (TPSA) is 57.5 Å². The molecule has 2 aromatic rings. The first-order valence-electron chi connectivity index (χ1n) is 9.31. The molecule has 0 radical (unpaired) electrons. The number of hydrogen-bond donors (Lipinski definition) is 2. The highest BCUT2D eigenvalue weighted by molar-refractivity contribution is 6.06. The van der Waals surface area contributed by atoms with Gasteiger partial charge in [-0.3, -0.25) is 0 Å². The van der Waals surface area contributed by atoms with E-state index in [4.69, 9.17) is 0 Å². The van der Waals surface area contributed by atoms with Gasteiger partial charge >= 0.3 is 5.97 Å². The van der Waals surface area contributed by atoms with Crippen LogP contribution in [0, 0.1) is 12.8 Å². The third-order valence-electron chi connectivity index (χ3n) is 6.11. The van der Waals surface area contributed by atoms with Crippen molar-refractivity contribution in [1.29, 1.82) is 0 Å². The van der Waals surface area contributed by atoms with Crippen LogP contribution < -0.4 is 5.32 Å². The SMILES string of the molecule is Cc1ccc2c(c(CCNC3CN4CCC3CC4)cn2C)c1C(=O)O. The van der Waals surface area contributed by atoms with Gasteiger partial charge in [0.15, 0.2) is 0 Å². The van der Waals surface area contributed by atoms with Crippen LogP contribution in [0.5, 0.6) is 0 Å². The van der Waals surface area contributed by atoms with Gasteiger partial charge in [-0.15, -0.1) is 0 Å². The van der Waals surface area contributed by atoms with Crippen LogP contribution in [0.2, 0.25) is 0 Å². The van der Waals surface area contributed by atoms with Crippen molar-refractivity contribution < 1.29 is 9.90 Å². The van der Waals surface area contributed by atoms with Gasteiger partial charge in [-0.05, 0) is 68.9 Å². The summed E-state index contributed by atoms with van der Waals surface area (Å²) < 4.78 is 2.05. The van der Waals surface area contributed by atoms with Gasteiger partial charge in [-0.2, -0.15) is 0 Å². The molecule has 5 rings (SSSR count). The van der Waals surface area contributed by atoms with Crippen LogP contribution in [0.25, 0.3) is 10.9 Å². The minimum Gasteiger partial charge on any atom is -0.478 e. The standard InChI is InChI=1S/C20H27N3O2/c1-13-3-4-17-19(18(13)20(24)25)15(11-22(17)2)5-8-21-16-12-23-9-6-14(16)7-10-23/h3-4,11,14,16,21H,5-10,12H2,1-2H3,(H,24,25). The molecule has 1 aromatic carbocycles. The Hall–Kier alpha value is -1.85. The summed E-state index contributed by atoms with van der Waals surface area (Å²) >= 11 is 0. The smallest absolute Gasteiger partial charge is 0.336 e. The van der Waals surface area contributed by atoms with E-state index in [0.29, 0.717) is 11.6 Å². The van der Waals surface area contributed by atoms with E-state index in [1.54, 1.807) is 0 Å². The summed E-state index contributed by atoms with van der Waals surface area (Å²) in [4.78, 5) is 14.3. The van der Waals surface area contributed by atoms with E-state index >= 15 is 0 Å². The van der Waals surface area contributed by atoms with Gasteiger partial charge in [0.05, 0.1) is 5.56 Å². The summed E-state index contributed by atoms with van der Waals surface area (Å²) in [5, 5.41) is 14.3. The van der Waals surface area contributed by atoms with Crippen molar-refractivity contribution >= 4 is 16.9 Å². The first-order valence-corrected chi connectivity index (χ1v) is 9.31. The van der Waals surface area contributed by atoms with Crippen molar-refractivity contribution in [2.75, 3.05) is 26.2 Å². The Balaban J connectivity index is 1.53. The fraction of sp³-hybridized carbons (Fsp3) is 0.550. The molecule has 0 aliphatic carbocycles. The van der Waals surface area contributed by atoms with E-state index < -0.39 is 5.97 Å². The van der Waals surface area contributed by atoms with Crippen LogP contribution in [-0.2, 0) is 13.5 Å². The van der Waals surface area contributed by atoms with E-state index in [-0.39, 0.29) is 0 Å². The molecule has 2 N–H and O–H groups in total. The normalized spacial score (nSPS) is 25.6. The number of nitrogens with one attached hydrogen (secondary N) is 1. The molecule has 0 amide bonds. The Morgan fingerprint density at radius 3 is 2.72 bits per heavy atom. The van der Waals surface area contributed by atoms with E-state index in [2.05, 4.69) is 16.4 Å². The summed E-state index contributed by atoms with van der Waals surface area (Å²) in [6.07, 6.45) is 5.58. The molecule has 1 atom stereocenters. The molecule has 4 heterocycles. The lowest BCUT2D eigenvalue weighted by molar-refractivity contribution is 0.0698. The number of fused-ring (bicyclic) bond motifs is 4. The lowest BCUT2D eigenvalue weighted by atomic mass is 9.84. The Morgan fingerprint density at radius 1 is 1.32 bits per heavy atom. The van der Waals surface area contributed by atoms with Gasteiger partial charge in [0, 0.05) is 36.7 Å². The first kappa shape index (κ1) is 16.6. The number of carboxylic acid groups (broad SMARTS) is 1. The molecular formula is C20H27N3O2. The van der Waals surface area contributed by atoms with Gasteiger partial charge in [0.25, 0.3) is 0 Å². The van der Waals surface area contributed by atoms with Crippen LogP contribution in [-0.4, -0.2) is 52.8 Å². The number of piperidine rings is 3. The van der Waals surface area contributed by atoms with Crippen LogP contribution >= 0.6 is 0 Å². The van der Waals surface area contributed by atoms with Crippen LogP contribution in [0.1, 0.15) is 34.3 Å². The third-order valence-corrected chi connectivity index (χ3v) is 6.11. The number of carboxylic acids is 1. The van der Waals surface area contributed by atoms with Crippen molar-refractivity contribution in [3.8, 4) is 0 Å². The highest BCUT2D eigenvalue weighted by Gasteiger charge is 2.33. The molecule has 0 saturated carbocycles. The lowest BCUT2D eigenvalue weighted by Gasteiger charge is -2.45. The van der Waals surface area contributed by atoms with Crippen LogP contribution in [0.15, 0.2) is 18.3 Å². The zero-order chi connectivity index (χ0) is 17.6. The molecule has 1 aromatic heterocycles. The maximum atomic E-state index is 11.8. The molecule has 5 nitrogen and oxygen atoms in total. The van der Waals surface area contributed by atoms with Gasteiger partial charge in [-0.25, -0.2) is 4.79 Å². The number of rotatable bonds is 5. The molecule has 5 heteroatoms. The second-order valence-electron chi connectivity index (χ2n) is 7.67. The second-order valence-corrected chi connectivity index (χ2v) is 7.67. The number of aryl methyl sites for hydroxylation is 2. The Labute approximate surface area is 148 Å². The maximum Gasteiger partial charge on any atom is 0.336 e. The number of nitrogens with zero attached hydrogens (tertiary/aromatic N) is 2. The van der Waals surface area contributed by atoms with Crippen molar-refractivity contribution in [1.82, 2.24) is 14.8 Å². The van der Waals surface area contributed by atoms with E-state index in [1.807, 2.05) is 30.7 Å². The highest BCUT2D eigenvalue weighted by Crippen LogP contribution is 2.29. The van der Waals surface area contributed by atoms with Crippen molar-refractivity contribution in [3.63, 3.8) is 0 Å². The largest absolute Gasteiger partial charge is 0.478 e. The zero-order valence-corrected chi connectivity index (χ0v) is 15.1. The summed E-state index contributed by atoms with van der Waals surface area (Å²) in [5.41, 5.74) is 3.42. The predicted molar refractivity (Wildman–Crippen MR) is 99.3 cm³/mol. The maximum absolute atomic E-state index is 11.8. The fourth-order valence-corrected chi connectivity index (χ4v) is 4.74. The molecule has 3 saturated heterocycles. The second kappa shape index (κ2) is 6.46. The quantitative estimate of drug-likeness (QED) is 0.877. The van der Waals surface area contributed by atoms with Gasteiger partial charge < -0.3 is 19.9 Å². The molecule has 2 bridgehead atoms. The summed E-state index contributed by atoms with van der Waals surface area (Å²) in [5.74, 6) is -0.0183. The predicted octanol–water partition coefficient (Wildman–Crippen LogP) is 2.41. The average molecular weight is 341 g/mol. The number of aromatic carboxylic acids is 1. The average Bonchev–Trinajstić information content (AvgIpc) is 2.91. The minimum absolute atomic E-state index is 0.455. The van der Waals surface area contributed by atoms with E-state index in [9.17, 15) is 9.90 Å². The van der Waals surface area contributed by atoms with E-state index in [0.717, 1.165) is 40.9 Å². The number of hydrogen-bond acceptors (Lipinski definition) is 3. The minimum atomic E-state index is -0.833. The summed E-state index contributed by atoms with van der Waals surface area (Å²) in [6.45, 7) is 6.47. The number of benzene rings is 1. The fourth-order valence-electron chi connectivity index (χ4n) is 4.74. The van der Waals surface area contributed by atoms with Gasteiger partial charge in [-0.1, -0.05) is 6.07 Å². The van der Waals surface area contributed by atoms with Crippen molar-refractivity contribution in [2.45, 2.75) is 32.2 Å². The monoisotopic (exact) mass is 341 g/mol. The number of carbonyl (C=O) groups is 1. The van der Waals surface area contributed by atoms with Gasteiger partial charge in [0.1, 0.15) is 0 Å². The summed E-state index contributed by atoms with van der Waals surface area (Å²) in [7, 11) is 1.99. The molecular weight excluding hydrogens is 314 g/mol. The van der Waals surface area contributed by atoms with Crippen molar-refractivity contribution in [3.05, 3.63) is 35.0 Å². The number of aromatic nitrogens is 1. The molecule has 25 heavy (non-hydrogen) atoms. The highest BCUT2D eigenvalue weighted by atomic mass is 16.4. The molecule has 3 aliphatic rings. The molecule has 0 spiro atoms. The van der Waals surface area contributed by atoms with Gasteiger partial charge in [0.2, 0.25) is 0 Å². The van der Waals surface area contributed by atoms with Crippen LogP contribution in [0.3, 0.4) is 0 Å². The van der Waals surface area contributed by atoms with E-state index in [1.165, 1.54) is 32.5 Å². The first-order chi connectivity index (χ1) is 12.0. The zero-order valence-electron chi connectivity index (χ0n) is 15.1.